The van der Waals surface area contributed by atoms with Gasteiger partial charge in [-0.25, -0.2) is 9.50 Å². The van der Waals surface area contributed by atoms with Gasteiger partial charge >= 0.3 is 0 Å². The molecule has 9 heteroatoms. The number of para-hydroxylation sites is 1. The van der Waals surface area contributed by atoms with Gasteiger partial charge in [0.2, 0.25) is 5.91 Å². The summed E-state index contributed by atoms with van der Waals surface area (Å²) < 4.78 is 1.60. The van der Waals surface area contributed by atoms with Crippen LogP contribution in [0.1, 0.15) is 28.9 Å². The highest BCUT2D eigenvalue weighted by molar-refractivity contribution is 5.86. The molecule has 0 bridgehead atoms. The fraction of sp³-hybridized carbons (Fsp3) is 0.350. The van der Waals surface area contributed by atoms with E-state index in [0.717, 1.165) is 42.0 Å². The molecular formula is C20H23N7O2. The van der Waals surface area contributed by atoms with Crippen LogP contribution in [0.4, 0.5) is 5.69 Å². The van der Waals surface area contributed by atoms with E-state index in [1.54, 1.807) is 4.52 Å². The lowest BCUT2D eigenvalue weighted by Gasteiger charge is -2.30. The number of nitrogens with zero attached hydrogens (tertiary/aromatic N) is 5. The van der Waals surface area contributed by atoms with Crippen molar-refractivity contribution in [3.05, 3.63) is 53.1 Å². The highest BCUT2D eigenvalue weighted by Crippen LogP contribution is 2.26. The van der Waals surface area contributed by atoms with Gasteiger partial charge in [0.15, 0.2) is 0 Å². The third-order valence-electron chi connectivity index (χ3n) is 5.21. The van der Waals surface area contributed by atoms with Crippen LogP contribution >= 0.6 is 0 Å². The number of rotatable bonds is 4. The standard InChI is InChI=1S/C20H23N7O2/c1-13-16(14(2)27-20(23-13)21-12-22-27)10-18(28)24-25-19(29)11-26-9-5-7-15-6-3-4-8-17(15)26/h3-4,6,8,12H,5,7,9-11H2,1-2H3,(H,24,28)(H,25,29). The molecule has 0 fully saturated rings. The first-order valence-electron chi connectivity index (χ1n) is 9.59. The lowest BCUT2D eigenvalue weighted by molar-refractivity contribution is -0.127. The lowest BCUT2D eigenvalue weighted by atomic mass is 10.0. The van der Waals surface area contributed by atoms with Crippen molar-refractivity contribution in [2.24, 2.45) is 0 Å². The zero-order valence-electron chi connectivity index (χ0n) is 16.5. The second-order valence-corrected chi connectivity index (χ2v) is 7.16. The Bertz CT molecular complexity index is 1080. The van der Waals surface area contributed by atoms with E-state index in [2.05, 4.69) is 32.0 Å². The Hall–Kier alpha value is -3.49. The van der Waals surface area contributed by atoms with Crippen molar-refractivity contribution in [2.45, 2.75) is 33.1 Å². The highest BCUT2D eigenvalue weighted by Gasteiger charge is 2.19. The first kappa shape index (κ1) is 18.9. The first-order chi connectivity index (χ1) is 14.0. The maximum atomic E-state index is 12.4. The van der Waals surface area contributed by atoms with Gasteiger partial charge < -0.3 is 4.90 Å². The molecule has 3 aromatic rings. The summed E-state index contributed by atoms with van der Waals surface area (Å²) in [6, 6.07) is 8.10. The second-order valence-electron chi connectivity index (χ2n) is 7.16. The lowest BCUT2D eigenvalue weighted by Crippen LogP contribution is -2.47. The summed E-state index contributed by atoms with van der Waals surface area (Å²) in [6.45, 7) is 4.71. The van der Waals surface area contributed by atoms with Crippen LogP contribution in [0.2, 0.25) is 0 Å². The number of nitrogens with one attached hydrogen (secondary N) is 2. The molecule has 0 saturated heterocycles. The molecule has 1 aliphatic heterocycles. The number of hydrazine groups is 1. The predicted octanol–water partition coefficient (Wildman–Crippen LogP) is 0.884. The van der Waals surface area contributed by atoms with Crippen LogP contribution in [0.5, 0.6) is 0 Å². The van der Waals surface area contributed by atoms with Gasteiger partial charge in [0.25, 0.3) is 11.7 Å². The smallest absolute Gasteiger partial charge is 0.257 e. The molecule has 0 atom stereocenters. The Morgan fingerprint density at radius 1 is 1.14 bits per heavy atom. The number of amides is 2. The Kier molecular flexibility index (Phi) is 5.11. The quantitative estimate of drug-likeness (QED) is 0.638. The summed E-state index contributed by atoms with van der Waals surface area (Å²) in [6.07, 6.45) is 3.55. The molecule has 3 heterocycles. The largest absolute Gasteiger partial charge is 0.362 e. The molecule has 0 radical (unpaired) electrons. The summed E-state index contributed by atoms with van der Waals surface area (Å²) in [5, 5.41) is 4.12. The number of carbonyl (C=O) groups is 2. The number of carbonyl (C=O) groups excluding carboxylic acids is 2. The van der Waals surface area contributed by atoms with Gasteiger partial charge in [-0.3, -0.25) is 20.4 Å². The van der Waals surface area contributed by atoms with E-state index >= 15 is 0 Å². The summed E-state index contributed by atoms with van der Waals surface area (Å²) >= 11 is 0. The second kappa shape index (κ2) is 7.86. The topological polar surface area (TPSA) is 105 Å². The van der Waals surface area contributed by atoms with Crippen LogP contribution in [-0.4, -0.2) is 44.5 Å². The van der Waals surface area contributed by atoms with Crippen molar-refractivity contribution in [2.75, 3.05) is 18.0 Å². The Morgan fingerprint density at radius 3 is 2.79 bits per heavy atom. The summed E-state index contributed by atoms with van der Waals surface area (Å²) in [4.78, 5) is 35.2. The van der Waals surface area contributed by atoms with Crippen molar-refractivity contribution < 1.29 is 9.59 Å². The fourth-order valence-corrected chi connectivity index (χ4v) is 3.74. The number of anilines is 1. The van der Waals surface area contributed by atoms with E-state index < -0.39 is 0 Å². The molecular weight excluding hydrogens is 370 g/mol. The van der Waals surface area contributed by atoms with Crippen molar-refractivity contribution in [3.8, 4) is 0 Å². The minimum absolute atomic E-state index is 0.0906. The van der Waals surface area contributed by atoms with Crippen LogP contribution < -0.4 is 15.8 Å². The van der Waals surface area contributed by atoms with Crippen LogP contribution in [0.3, 0.4) is 0 Å². The Balaban J connectivity index is 1.35. The minimum atomic E-state index is -0.315. The molecule has 2 aromatic heterocycles. The average molecular weight is 393 g/mol. The van der Waals surface area contributed by atoms with E-state index in [4.69, 9.17) is 0 Å². The minimum Gasteiger partial charge on any atom is -0.362 e. The molecule has 9 nitrogen and oxygen atoms in total. The molecule has 1 aliphatic rings. The van der Waals surface area contributed by atoms with E-state index in [1.807, 2.05) is 36.9 Å². The summed E-state index contributed by atoms with van der Waals surface area (Å²) in [5.41, 5.74) is 9.63. The monoisotopic (exact) mass is 393 g/mol. The molecule has 1 aromatic carbocycles. The SMILES string of the molecule is Cc1nc2ncnn2c(C)c1CC(=O)NNC(=O)CN1CCCc2ccccc21. The number of benzene rings is 1. The first-order valence-corrected chi connectivity index (χ1v) is 9.59. The van der Waals surface area contributed by atoms with E-state index in [-0.39, 0.29) is 24.8 Å². The highest BCUT2D eigenvalue weighted by atomic mass is 16.2. The van der Waals surface area contributed by atoms with Crippen molar-refractivity contribution in [1.82, 2.24) is 30.4 Å². The average Bonchev–Trinajstić information content (AvgIpc) is 3.18. The summed E-state index contributed by atoms with van der Waals surface area (Å²) in [7, 11) is 0. The van der Waals surface area contributed by atoms with Crippen molar-refractivity contribution in [1.29, 1.82) is 0 Å². The van der Waals surface area contributed by atoms with Crippen LogP contribution in [-0.2, 0) is 22.4 Å². The molecule has 2 amide bonds. The third-order valence-corrected chi connectivity index (χ3v) is 5.21. The molecule has 0 spiro atoms. The van der Waals surface area contributed by atoms with Gasteiger partial charge in [0.1, 0.15) is 6.33 Å². The van der Waals surface area contributed by atoms with Crippen LogP contribution in [0.15, 0.2) is 30.6 Å². The number of hydrogen-bond donors (Lipinski definition) is 2. The van der Waals surface area contributed by atoms with Gasteiger partial charge in [-0.05, 0) is 38.3 Å². The van der Waals surface area contributed by atoms with E-state index in [1.165, 1.54) is 11.9 Å². The predicted molar refractivity (Wildman–Crippen MR) is 107 cm³/mol. The molecule has 0 unspecified atom stereocenters. The van der Waals surface area contributed by atoms with E-state index in [9.17, 15) is 9.59 Å². The van der Waals surface area contributed by atoms with Gasteiger partial charge in [-0.2, -0.15) is 10.1 Å². The Labute approximate surface area is 168 Å². The van der Waals surface area contributed by atoms with E-state index in [0.29, 0.717) is 5.78 Å². The molecule has 0 saturated carbocycles. The maximum Gasteiger partial charge on any atom is 0.257 e. The van der Waals surface area contributed by atoms with Crippen LogP contribution in [0.25, 0.3) is 5.78 Å². The number of fused-ring (bicyclic) bond motifs is 2. The maximum absolute atomic E-state index is 12.4. The summed E-state index contributed by atoms with van der Waals surface area (Å²) in [5.74, 6) is -0.0718. The van der Waals surface area contributed by atoms with Gasteiger partial charge in [-0.1, -0.05) is 18.2 Å². The van der Waals surface area contributed by atoms with Crippen LogP contribution in [0, 0.1) is 13.8 Å². The number of hydrogen-bond acceptors (Lipinski definition) is 6. The zero-order chi connectivity index (χ0) is 20.4. The third kappa shape index (κ3) is 3.89. The molecule has 150 valence electrons. The number of aryl methyl sites for hydroxylation is 3. The van der Waals surface area contributed by atoms with Gasteiger partial charge in [0.05, 0.1) is 13.0 Å². The fourth-order valence-electron chi connectivity index (χ4n) is 3.74. The van der Waals surface area contributed by atoms with Gasteiger partial charge in [-0.15, -0.1) is 0 Å². The number of aromatic nitrogens is 4. The Morgan fingerprint density at radius 2 is 1.93 bits per heavy atom. The molecule has 0 aliphatic carbocycles. The normalized spacial score (nSPS) is 13.2. The molecule has 29 heavy (non-hydrogen) atoms. The molecule has 4 rings (SSSR count). The van der Waals surface area contributed by atoms with Gasteiger partial charge in [0, 0.05) is 29.2 Å². The molecule has 2 N–H and O–H groups in total. The van der Waals surface area contributed by atoms with Crippen molar-refractivity contribution >= 4 is 23.3 Å². The zero-order valence-corrected chi connectivity index (χ0v) is 16.5. The van der Waals surface area contributed by atoms with Crippen molar-refractivity contribution in [3.63, 3.8) is 0 Å².